The molecule has 2 amide bonds. The molecule has 2 saturated heterocycles. The molecule has 0 unspecified atom stereocenters. The van der Waals surface area contributed by atoms with Crippen LogP contribution in [0.2, 0.25) is 0 Å². The van der Waals surface area contributed by atoms with E-state index in [9.17, 15) is 9.59 Å². The summed E-state index contributed by atoms with van der Waals surface area (Å²) < 4.78 is 5.70. The van der Waals surface area contributed by atoms with Gasteiger partial charge in [-0.15, -0.1) is 12.4 Å². The molecule has 0 radical (unpaired) electrons. The Kier molecular flexibility index (Phi) is 7.32. The molecule has 0 spiro atoms. The number of nitrogens with zero attached hydrogens (tertiary/aromatic N) is 2. The van der Waals surface area contributed by atoms with Gasteiger partial charge in [-0.05, 0) is 25.7 Å². The third-order valence-corrected chi connectivity index (χ3v) is 5.50. The SMILES string of the molecule is Cl.NC[C@H]1CC[C@@H](C(=O)N2CCN(C(=O)C3CCCCC3)CC2)O1. The normalized spacial score (nSPS) is 28.5. The van der Waals surface area contributed by atoms with Crippen LogP contribution >= 0.6 is 12.4 Å². The molecule has 0 aromatic heterocycles. The van der Waals surface area contributed by atoms with Gasteiger partial charge in [0.2, 0.25) is 5.91 Å². The number of nitrogens with two attached hydrogens (primary N) is 1. The van der Waals surface area contributed by atoms with Gasteiger partial charge in [0.1, 0.15) is 6.10 Å². The lowest BCUT2D eigenvalue weighted by molar-refractivity contribution is -0.148. The highest BCUT2D eigenvalue weighted by molar-refractivity contribution is 5.85. The van der Waals surface area contributed by atoms with E-state index in [0.717, 1.165) is 25.7 Å². The number of carbonyl (C=O) groups excluding carboxylic acids is 2. The zero-order valence-corrected chi connectivity index (χ0v) is 15.1. The van der Waals surface area contributed by atoms with E-state index in [1.165, 1.54) is 19.3 Å². The smallest absolute Gasteiger partial charge is 0.251 e. The van der Waals surface area contributed by atoms with Gasteiger partial charge in [-0.25, -0.2) is 0 Å². The van der Waals surface area contributed by atoms with Gasteiger partial charge in [-0.1, -0.05) is 19.3 Å². The molecule has 2 N–H and O–H groups in total. The molecule has 0 aromatic rings. The maximum Gasteiger partial charge on any atom is 0.251 e. The molecule has 7 heteroatoms. The topological polar surface area (TPSA) is 75.9 Å². The van der Waals surface area contributed by atoms with Crippen molar-refractivity contribution >= 4 is 24.2 Å². The van der Waals surface area contributed by atoms with Gasteiger partial charge in [-0.3, -0.25) is 9.59 Å². The lowest BCUT2D eigenvalue weighted by Crippen LogP contribution is -2.54. The first kappa shape index (κ1) is 19.5. The number of hydrogen-bond donors (Lipinski definition) is 1. The average Bonchev–Trinajstić information content (AvgIpc) is 3.10. The van der Waals surface area contributed by atoms with Crippen LogP contribution in [0.4, 0.5) is 0 Å². The second kappa shape index (κ2) is 9.02. The average molecular weight is 360 g/mol. The second-order valence-electron chi connectivity index (χ2n) is 7.05. The molecule has 0 bridgehead atoms. The van der Waals surface area contributed by atoms with Gasteiger partial charge < -0.3 is 20.3 Å². The van der Waals surface area contributed by atoms with Crippen LogP contribution in [0.15, 0.2) is 0 Å². The molecule has 1 saturated carbocycles. The molecule has 3 fully saturated rings. The Hall–Kier alpha value is -0.850. The lowest BCUT2D eigenvalue weighted by Gasteiger charge is -2.37. The first-order valence-corrected chi connectivity index (χ1v) is 9.12. The van der Waals surface area contributed by atoms with Gasteiger partial charge in [0.15, 0.2) is 0 Å². The molecule has 24 heavy (non-hydrogen) atoms. The van der Waals surface area contributed by atoms with Crippen molar-refractivity contribution in [3.05, 3.63) is 0 Å². The minimum atomic E-state index is -0.329. The van der Waals surface area contributed by atoms with Gasteiger partial charge in [0.05, 0.1) is 6.10 Å². The summed E-state index contributed by atoms with van der Waals surface area (Å²) in [5.41, 5.74) is 5.60. The van der Waals surface area contributed by atoms with Crippen molar-refractivity contribution in [2.24, 2.45) is 11.7 Å². The van der Waals surface area contributed by atoms with E-state index < -0.39 is 0 Å². The molecule has 6 nitrogen and oxygen atoms in total. The summed E-state index contributed by atoms with van der Waals surface area (Å²) in [5.74, 6) is 0.595. The highest BCUT2D eigenvalue weighted by atomic mass is 35.5. The van der Waals surface area contributed by atoms with Crippen molar-refractivity contribution in [1.82, 2.24) is 9.80 Å². The lowest BCUT2D eigenvalue weighted by atomic mass is 9.88. The highest BCUT2D eigenvalue weighted by Gasteiger charge is 2.35. The summed E-state index contributed by atoms with van der Waals surface area (Å²) in [6.45, 7) is 3.06. The Bertz CT molecular complexity index is 435. The summed E-state index contributed by atoms with van der Waals surface area (Å²) in [5, 5.41) is 0. The Morgan fingerprint density at radius 3 is 2.00 bits per heavy atom. The molecule has 3 aliphatic rings. The van der Waals surface area contributed by atoms with E-state index in [0.29, 0.717) is 38.6 Å². The molecule has 138 valence electrons. The number of amides is 2. The van der Waals surface area contributed by atoms with Gasteiger partial charge >= 0.3 is 0 Å². The summed E-state index contributed by atoms with van der Waals surface area (Å²) in [7, 11) is 0. The van der Waals surface area contributed by atoms with Crippen LogP contribution in [0, 0.1) is 5.92 Å². The van der Waals surface area contributed by atoms with Crippen molar-refractivity contribution < 1.29 is 14.3 Å². The first-order chi connectivity index (χ1) is 11.2. The van der Waals surface area contributed by atoms with Crippen LogP contribution in [0.25, 0.3) is 0 Å². The van der Waals surface area contributed by atoms with Crippen molar-refractivity contribution in [2.75, 3.05) is 32.7 Å². The van der Waals surface area contributed by atoms with E-state index in [2.05, 4.69) is 0 Å². The van der Waals surface area contributed by atoms with E-state index >= 15 is 0 Å². The zero-order valence-electron chi connectivity index (χ0n) is 14.3. The maximum atomic E-state index is 12.6. The minimum absolute atomic E-state index is 0. The molecule has 2 atom stereocenters. The van der Waals surface area contributed by atoms with Crippen molar-refractivity contribution in [2.45, 2.75) is 57.2 Å². The van der Waals surface area contributed by atoms with Crippen LogP contribution in [-0.2, 0) is 14.3 Å². The molecule has 0 aromatic carbocycles. The molecule has 2 heterocycles. The quantitative estimate of drug-likeness (QED) is 0.820. The molecular weight excluding hydrogens is 330 g/mol. The fourth-order valence-electron chi connectivity index (χ4n) is 4.02. The summed E-state index contributed by atoms with van der Waals surface area (Å²) >= 11 is 0. The van der Waals surface area contributed by atoms with E-state index in [-0.39, 0.29) is 36.4 Å². The van der Waals surface area contributed by atoms with Crippen molar-refractivity contribution in [1.29, 1.82) is 0 Å². The first-order valence-electron chi connectivity index (χ1n) is 9.12. The van der Waals surface area contributed by atoms with Crippen LogP contribution in [0.1, 0.15) is 44.9 Å². The second-order valence-corrected chi connectivity index (χ2v) is 7.05. The van der Waals surface area contributed by atoms with Crippen LogP contribution < -0.4 is 5.73 Å². The van der Waals surface area contributed by atoms with Gasteiger partial charge in [0, 0.05) is 38.6 Å². The van der Waals surface area contributed by atoms with E-state index in [1.807, 2.05) is 9.80 Å². The summed E-state index contributed by atoms with van der Waals surface area (Å²) in [4.78, 5) is 28.9. The number of ether oxygens (including phenoxy) is 1. The zero-order chi connectivity index (χ0) is 16.2. The Morgan fingerprint density at radius 1 is 0.875 bits per heavy atom. The predicted molar refractivity (Wildman–Crippen MR) is 93.9 cm³/mol. The van der Waals surface area contributed by atoms with Crippen molar-refractivity contribution in [3.63, 3.8) is 0 Å². The van der Waals surface area contributed by atoms with Gasteiger partial charge in [-0.2, -0.15) is 0 Å². The third kappa shape index (κ3) is 4.41. The van der Waals surface area contributed by atoms with Crippen LogP contribution in [0.3, 0.4) is 0 Å². The maximum absolute atomic E-state index is 12.6. The Morgan fingerprint density at radius 2 is 1.46 bits per heavy atom. The number of carbonyl (C=O) groups is 2. The third-order valence-electron chi connectivity index (χ3n) is 5.50. The molecular formula is C17H30ClN3O3. The van der Waals surface area contributed by atoms with Gasteiger partial charge in [0.25, 0.3) is 5.91 Å². The standard InChI is InChI=1S/C17H29N3O3.ClH/c18-12-14-6-7-15(23-14)17(22)20-10-8-19(9-11-20)16(21)13-4-2-1-3-5-13;/h13-15H,1-12,18H2;1H/t14-,15+;/m1./s1. The minimum Gasteiger partial charge on any atom is -0.364 e. The molecule has 1 aliphatic carbocycles. The Balaban J connectivity index is 0.00000208. The largest absolute Gasteiger partial charge is 0.364 e. The Labute approximate surface area is 150 Å². The van der Waals surface area contributed by atoms with Crippen LogP contribution in [-0.4, -0.2) is 66.5 Å². The summed E-state index contributed by atoms with van der Waals surface area (Å²) in [6.07, 6.45) is 7.02. The molecule has 3 rings (SSSR count). The number of halogens is 1. The predicted octanol–water partition coefficient (Wildman–Crippen LogP) is 1.17. The monoisotopic (exact) mass is 359 g/mol. The number of hydrogen-bond acceptors (Lipinski definition) is 4. The fraction of sp³-hybridized carbons (Fsp3) is 0.882. The fourth-order valence-corrected chi connectivity index (χ4v) is 4.02. The molecule has 2 aliphatic heterocycles. The van der Waals surface area contributed by atoms with Crippen LogP contribution in [0.5, 0.6) is 0 Å². The van der Waals surface area contributed by atoms with E-state index in [1.54, 1.807) is 0 Å². The number of piperazine rings is 1. The highest BCUT2D eigenvalue weighted by Crippen LogP contribution is 2.26. The summed E-state index contributed by atoms with van der Waals surface area (Å²) in [6, 6.07) is 0. The van der Waals surface area contributed by atoms with E-state index in [4.69, 9.17) is 10.5 Å². The number of rotatable bonds is 3. The van der Waals surface area contributed by atoms with Crippen molar-refractivity contribution in [3.8, 4) is 0 Å².